The molecule has 3 heterocycles. The number of carbonyl (C=O) groups excluding carboxylic acids is 1. The molecule has 0 aliphatic heterocycles. The molecular formula is C18H10F4N6OS. The first-order valence-corrected chi connectivity index (χ1v) is 9.10. The number of hydrogen-bond donors (Lipinski definition) is 1. The fourth-order valence-corrected chi connectivity index (χ4v) is 3.33. The standard InChI is InChI=1S/C18H10F4N6OS/c19-10-2-4-11(5-3-10)28-14(18(20,21)22)12(8-26-28)27-16(29)13-9-25-17(30-13)15-23-6-1-7-24-15/h1-9H,(H,27,29). The zero-order valence-corrected chi connectivity index (χ0v) is 15.6. The normalized spacial score (nSPS) is 11.5. The van der Waals surface area contributed by atoms with Crippen molar-refractivity contribution in [1.82, 2.24) is 24.7 Å². The zero-order chi connectivity index (χ0) is 21.3. The highest BCUT2D eigenvalue weighted by Crippen LogP contribution is 2.36. The van der Waals surface area contributed by atoms with Gasteiger partial charge in [0.2, 0.25) is 0 Å². The monoisotopic (exact) mass is 434 g/mol. The average molecular weight is 434 g/mol. The molecule has 0 unspecified atom stereocenters. The Morgan fingerprint density at radius 3 is 2.40 bits per heavy atom. The lowest BCUT2D eigenvalue weighted by Crippen LogP contribution is -2.18. The molecule has 0 radical (unpaired) electrons. The maximum Gasteiger partial charge on any atom is 0.435 e. The Hall–Kier alpha value is -3.67. The van der Waals surface area contributed by atoms with Gasteiger partial charge < -0.3 is 5.32 Å². The predicted octanol–water partition coefficient (Wildman–Crippen LogP) is 4.20. The van der Waals surface area contributed by atoms with Crippen LogP contribution in [0.5, 0.6) is 0 Å². The van der Waals surface area contributed by atoms with Crippen molar-refractivity contribution in [3.63, 3.8) is 0 Å². The zero-order valence-electron chi connectivity index (χ0n) is 14.8. The summed E-state index contributed by atoms with van der Waals surface area (Å²) in [6.45, 7) is 0. The molecule has 0 saturated heterocycles. The van der Waals surface area contributed by atoms with Crippen LogP contribution in [0, 0.1) is 5.82 Å². The number of thiazole rings is 1. The van der Waals surface area contributed by atoms with Gasteiger partial charge >= 0.3 is 6.18 Å². The molecule has 4 aromatic rings. The van der Waals surface area contributed by atoms with Gasteiger partial charge in [0.25, 0.3) is 5.91 Å². The van der Waals surface area contributed by atoms with E-state index in [0.717, 1.165) is 41.8 Å². The van der Waals surface area contributed by atoms with E-state index >= 15 is 0 Å². The third-order valence-electron chi connectivity index (χ3n) is 3.84. The van der Waals surface area contributed by atoms with Crippen LogP contribution in [0.15, 0.2) is 55.1 Å². The summed E-state index contributed by atoms with van der Waals surface area (Å²) >= 11 is 0.933. The molecule has 1 N–H and O–H groups in total. The van der Waals surface area contributed by atoms with E-state index in [4.69, 9.17) is 0 Å². The lowest BCUT2D eigenvalue weighted by molar-refractivity contribution is -0.142. The summed E-state index contributed by atoms with van der Waals surface area (Å²) in [5, 5.41) is 6.27. The second-order valence-corrected chi connectivity index (χ2v) is 6.88. The van der Waals surface area contributed by atoms with Crippen molar-refractivity contribution in [3.8, 4) is 16.5 Å². The van der Waals surface area contributed by atoms with E-state index < -0.39 is 29.3 Å². The minimum Gasteiger partial charge on any atom is -0.318 e. The van der Waals surface area contributed by atoms with Gasteiger partial charge in [0, 0.05) is 12.4 Å². The minimum absolute atomic E-state index is 0.00877. The molecule has 0 spiro atoms. The molecular weight excluding hydrogens is 424 g/mol. The van der Waals surface area contributed by atoms with E-state index in [9.17, 15) is 22.4 Å². The van der Waals surface area contributed by atoms with Crippen LogP contribution in [-0.2, 0) is 6.18 Å². The average Bonchev–Trinajstić information content (AvgIpc) is 3.36. The molecule has 30 heavy (non-hydrogen) atoms. The van der Waals surface area contributed by atoms with Crippen LogP contribution in [0.3, 0.4) is 0 Å². The Bertz CT molecular complexity index is 1190. The van der Waals surface area contributed by atoms with E-state index in [2.05, 4.69) is 25.4 Å². The number of benzene rings is 1. The van der Waals surface area contributed by atoms with Crippen LogP contribution < -0.4 is 5.32 Å². The third-order valence-corrected chi connectivity index (χ3v) is 4.84. The molecule has 1 amide bonds. The van der Waals surface area contributed by atoms with Crippen molar-refractivity contribution < 1.29 is 22.4 Å². The Balaban J connectivity index is 1.64. The minimum atomic E-state index is -4.83. The highest BCUT2D eigenvalue weighted by molar-refractivity contribution is 7.16. The molecule has 3 aromatic heterocycles. The summed E-state index contributed by atoms with van der Waals surface area (Å²) < 4.78 is 54.7. The van der Waals surface area contributed by atoms with Crippen LogP contribution in [0.2, 0.25) is 0 Å². The number of rotatable bonds is 4. The maximum absolute atomic E-state index is 13.7. The Kier molecular flexibility index (Phi) is 4.99. The van der Waals surface area contributed by atoms with Crippen LogP contribution >= 0.6 is 11.3 Å². The van der Waals surface area contributed by atoms with Gasteiger partial charge in [-0.2, -0.15) is 18.3 Å². The quantitative estimate of drug-likeness (QED) is 0.487. The summed E-state index contributed by atoms with van der Waals surface area (Å²) in [7, 11) is 0. The van der Waals surface area contributed by atoms with Crippen LogP contribution in [-0.4, -0.2) is 30.6 Å². The van der Waals surface area contributed by atoms with Gasteiger partial charge in [-0.3, -0.25) is 4.79 Å². The highest BCUT2D eigenvalue weighted by atomic mass is 32.1. The van der Waals surface area contributed by atoms with Crippen molar-refractivity contribution in [1.29, 1.82) is 0 Å². The number of alkyl halides is 3. The predicted molar refractivity (Wildman–Crippen MR) is 99.6 cm³/mol. The summed E-state index contributed by atoms with van der Waals surface area (Å²) in [4.78, 5) is 24.6. The number of nitrogens with one attached hydrogen (secondary N) is 1. The van der Waals surface area contributed by atoms with Crippen LogP contribution in [0.25, 0.3) is 16.5 Å². The third kappa shape index (κ3) is 3.89. The first kappa shape index (κ1) is 19.6. The Morgan fingerprint density at radius 1 is 1.03 bits per heavy atom. The maximum atomic E-state index is 13.7. The molecule has 0 saturated carbocycles. The van der Waals surface area contributed by atoms with E-state index in [1.807, 2.05) is 0 Å². The summed E-state index contributed by atoms with van der Waals surface area (Å²) in [6, 6.07) is 5.94. The van der Waals surface area contributed by atoms with Crippen molar-refractivity contribution >= 4 is 22.9 Å². The molecule has 152 valence electrons. The SMILES string of the molecule is O=C(Nc1cnn(-c2ccc(F)cc2)c1C(F)(F)F)c1cnc(-c2ncccn2)s1. The van der Waals surface area contributed by atoms with E-state index in [0.29, 0.717) is 15.5 Å². The molecule has 0 fully saturated rings. The largest absolute Gasteiger partial charge is 0.435 e. The molecule has 12 heteroatoms. The van der Waals surface area contributed by atoms with Gasteiger partial charge in [0.05, 0.1) is 23.8 Å². The fourth-order valence-electron chi connectivity index (χ4n) is 2.57. The topological polar surface area (TPSA) is 85.6 Å². The van der Waals surface area contributed by atoms with E-state index in [1.165, 1.54) is 18.6 Å². The van der Waals surface area contributed by atoms with Crippen LogP contribution in [0.1, 0.15) is 15.4 Å². The molecule has 1 aromatic carbocycles. The highest BCUT2D eigenvalue weighted by Gasteiger charge is 2.39. The van der Waals surface area contributed by atoms with Gasteiger partial charge in [0.15, 0.2) is 16.5 Å². The smallest absolute Gasteiger partial charge is 0.318 e. The Morgan fingerprint density at radius 2 is 1.73 bits per heavy atom. The van der Waals surface area contributed by atoms with Gasteiger partial charge in [-0.1, -0.05) is 0 Å². The van der Waals surface area contributed by atoms with Crippen molar-refractivity contribution in [2.24, 2.45) is 0 Å². The molecule has 0 aliphatic rings. The summed E-state index contributed by atoms with van der Waals surface area (Å²) in [5.41, 5.74) is -1.74. The number of halogens is 4. The number of carbonyl (C=O) groups is 1. The van der Waals surface area contributed by atoms with Gasteiger partial charge in [-0.25, -0.2) is 24.0 Å². The van der Waals surface area contributed by atoms with Crippen molar-refractivity contribution in [2.75, 3.05) is 5.32 Å². The van der Waals surface area contributed by atoms with Gasteiger partial charge in [-0.15, -0.1) is 11.3 Å². The second kappa shape index (κ2) is 7.63. The van der Waals surface area contributed by atoms with E-state index in [1.54, 1.807) is 6.07 Å². The first-order valence-electron chi connectivity index (χ1n) is 8.28. The molecule has 4 rings (SSSR count). The molecule has 7 nitrogen and oxygen atoms in total. The van der Waals surface area contributed by atoms with Crippen molar-refractivity contribution in [3.05, 3.63) is 71.5 Å². The lowest BCUT2D eigenvalue weighted by Gasteiger charge is -2.13. The lowest BCUT2D eigenvalue weighted by atomic mass is 10.3. The molecule has 0 atom stereocenters. The second-order valence-electron chi connectivity index (χ2n) is 5.85. The number of aromatic nitrogens is 5. The number of nitrogens with zero attached hydrogens (tertiary/aromatic N) is 5. The number of amides is 1. The number of anilines is 1. The van der Waals surface area contributed by atoms with Crippen molar-refractivity contribution in [2.45, 2.75) is 6.18 Å². The van der Waals surface area contributed by atoms with Crippen LogP contribution in [0.4, 0.5) is 23.2 Å². The summed E-state index contributed by atoms with van der Waals surface area (Å²) in [5.74, 6) is -1.10. The fraction of sp³-hybridized carbons (Fsp3) is 0.0556. The number of hydrogen-bond acceptors (Lipinski definition) is 6. The summed E-state index contributed by atoms with van der Waals surface area (Å²) in [6.07, 6.45) is 0.284. The molecule has 0 aliphatic carbocycles. The van der Waals surface area contributed by atoms with E-state index in [-0.39, 0.29) is 10.6 Å². The Labute approximate surface area is 170 Å². The molecule has 0 bridgehead atoms. The first-order chi connectivity index (χ1) is 14.3. The van der Waals surface area contributed by atoms with Gasteiger partial charge in [-0.05, 0) is 30.3 Å². The van der Waals surface area contributed by atoms with Gasteiger partial charge in [0.1, 0.15) is 10.7 Å².